The molecule has 24 heavy (non-hydrogen) atoms. The standard InChI is InChI=1S/C18H19NO3S2/c1-13-6-5-8-15(10-13)24(21,22)19-12-18(2,20)17-11-14-7-3-4-9-16(14)23-17/h3-11,19-20H,12H2,1-2H3. The summed E-state index contributed by atoms with van der Waals surface area (Å²) >= 11 is 1.47. The first kappa shape index (κ1) is 17.1. The van der Waals surface area contributed by atoms with Crippen LogP contribution in [0.15, 0.2) is 59.5 Å². The average Bonchev–Trinajstić information content (AvgIpc) is 2.98. The van der Waals surface area contributed by atoms with E-state index in [1.807, 2.05) is 43.3 Å². The highest BCUT2D eigenvalue weighted by Gasteiger charge is 2.28. The third-order valence-corrected chi connectivity index (χ3v) is 6.63. The minimum Gasteiger partial charge on any atom is -0.383 e. The Hall–Kier alpha value is -1.73. The highest BCUT2D eigenvalue weighted by molar-refractivity contribution is 7.89. The molecule has 3 rings (SSSR count). The van der Waals surface area contributed by atoms with E-state index in [4.69, 9.17) is 0 Å². The molecule has 1 atom stereocenters. The number of hydrogen-bond acceptors (Lipinski definition) is 4. The molecule has 0 fully saturated rings. The largest absolute Gasteiger partial charge is 0.383 e. The Balaban J connectivity index is 1.81. The number of fused-ring (bicyclic) bond motifs is 1. The number of hydrogen-bond donors (Lipinski definition) is 2. The Morgan fingerprint density at radius 2 is 1.88 bits per heavy atom. The van der Waals surface area contributed by atoms with Gasteiger partial charge in [-0.2, -0.15) is 0 Å². The minimum absolute atomic E-state index is 0.0872. The number of aliphatic hydroxyl groups is 1. The maximum Gasteiger partial charge on any atom is 0.240 e. The van der Waals surface area contributed by atoms with Crippen molar-refractivity contribution in [2.24, 2.45) is 0 Å². The van der Waals surface area contributed by atoms with E-state index < -0.39 is 15.6 Å². The van der Waals surface area contributed by atoms with Crippen molar-refractivity contribution in [2.45, 2.75) is 24.3 Å². The van der Waals surface area contributed by atoms with E-state index in [1.54, 1.807) is 25.1 Å². The molecular weight excluding hydrogens is 342 g/mol. The lowest BCUT2D eigenvalue weighted by atomic mass is 10.1. The van der Waals surface area contributed by atoms with Crippen LogP contribution in [0.4, 0.5) is 0 Å². The molecule has 0 saturated heterocycles. The second-order valence-corrected chi connectivity index (χ2v) is 8.91. The summed E-state index contributed by atoms with van der Waals surface area (Å²) < 4.78 is 28.4. The van der Waals surface area contributed by atoms with Gasteiger partial charge in [0, 0.05) is 16.1 Å². The molecular formula is C18H19NO3S2. The molecule has 0 aliphatic rings. The number of nitrogens with one attached hydrogen (secondary N) is 1. The van der Waals surface area contributed by atoms with E-state index in [9.17, 15) is 13.5 Å². The number of thiophene rings is 1. The van der Waals surface area contributed by atoms with Crippen LogP contribution >= 0.6 is 11.3 Å². The van der Waals surface area contributed by atoms with Crippen LogP contribution < -0.4 is 4.72 Å². The normalized spacial score (nSPS) is 14.6. The van der Waals surface area contributed by atoms with Gasteiger partial charge in [-0.3, -0.25) is 0 Å². The van der Waals surface area contributed by atoms with Crippen LogP contribution in [0.2, 0.25) is 0 Å². The SMILES string of the molecule is Cc1cccc(S(=O)(=O)NCC(C)(O)c2cc3ccccc3s2)c1. The predicted octanol–water partition coefficient (Wildman–Crippen LogP) is 3.40. The van der Waals surface area contributed by atoms with Gasteiger partial charge >= 0.3 is 0 Å². The molecule has 1 unspecified atom stereocenters. The Morgan fingerprint density at radius 3 is 2.58 bits per heavy atom. The average molecular weight is 361 g/mol. The van der Waals surface area contributed by atoms with Gasteiger partial charge < -0.3 is 5.11 Å². The minimum atomic E-state index is -3.66. The van der Waals surface area contributed by atoms with Gasteiger partial charge in [-0.05, 0) is 49.1 Å². The maximum absolute atomic E-state index is 12.4. The quantitative estimate of drug-likeness (QED) is 0.732. The van der Waals surface area contributed by atoms with E-state index in [2.05, 4.69) is 4.72 Å². The lowest BCUT2D eigenvalue weighted by Crippen LogP contribution is -2.38. The van der Waals surface area contributed by atoms with Gasteiger partial charge in [0.25, 0.3) is 0 Å². The summed E-state index contributed by atoms with van der Waals surface area (Å²) in [7, 11) is -3.66. The van der Waals surface area contributed by atoms with Gasteiger partial charge in [0.1, 0.15) is 5.60 Å². The van der Waals surface area contributed by atoms with Crippen molar-refractivity contribution in [1.29, 1.82) is 0 Å². The number of sulfonamides is 1. The van der Waals surface area contributed by atoms with Crippen LogP contribution in [-0.2, 0) is 15.6 Å². The van der Waals surface area contributed by atoms with Gasteiger partial charge in [-0.25, -0.2) is 13.1 Å². The summed E-state index contributed by atoms with van der Waals surface area (Å²) in [4.78, 5) is 0.935. The first-order chi connectivity index (χ1) is 11.3. The second kappa shape index (κ2) is 6.29. The molecule has 4 nitrogen and oxygen atoms in total. The van der Waals surface area contributed by atoms with Crippen molar-refractivity contribution in [1.82, 2.24) is 4.72 Å². The highest BCUT2D eigenvalue weighted by Crippen LogP contribution is 2.33. The molecule has 2 N–H and O–H groups in total. The molecule has 3 aromatic rings. The van der Waals surface area contributed by atoms with E-state index in [0.717, 1.165) is 20.5 Å². The summed E-state index contributed by atoms with van der Waals surface area (Å²) in [5.41, 5.74) is -0.408. The molecule has 1 aromatic heterocycles. The second-order valence-electron chi connectivity index (χ2n) is 6.06. The van der Waals surface area contributed by atoms with Gasteiger partial charge in [-0.1, -0.05) is 30.3 Å². The number of benzene rings is 2. The summed E-state index contributed by atoms with van der Waals surface area (Å²) in [6, 6.07) is 16.4. The van der Waals surface area contributed by atoms with Crippen LogP contribution in [0.5, 0.6) is 0 Å². The van der Waals surface area contributed by atoms with E-state index in [1.165, 1.54) is 11.3 Å². The van der Waals surface area contributed by atoms with Crippen LogP contribution in [0, 0.1) is 6.92 Å². The zero-order valence-electron chi connectivity index (χ0n) is 13.5. The molecule has 0 bridgehead atoms. The lowest BCUT2D eigenvalue weighted by molar-refractivity contribution is 0.0666. The molecule has 2 aromatic carbocycles. The first-order valence-electron chi connectivity index (χ1n) is 7.56. The summed E-state index contributed by atoms with van der Waals surface area (Å²) in [5.74, 6) is 0. The van der Waals surface area contributed by atoms with Gasteiger partial charge in [0.15, 0.2) is 0 Å². The van der Waals surface area contributed by atoms with Crippen molar-refractivity contribution in [2.75, 3.05) is 6.54 Å². The smallest absolute Gasteiger partial charge is 0.240 e. The molecule has 0 amide bonds. The fourth-order valence-corrected chi connectivity index (χ4v) is 4.78. The lowest BCUT2D eigenvalue weighted by Gasteiger charge is -2.22. The van der Waals surface area contributed by atoms with Crippen LogP contribution in [0.25, 0.3) is 10.1 Å². The van der Waals surface area contributed by atoms with Gasteiger partial charge in [0.05, 0.1) is 4.90 Å². The fraction of sp³-hybridized carbons (Fsp3) is 0.222. The van der Waals surface area contributed by atoms with Crippen molar-refractivity contribution in [3.63, 3.8) is 0 Å². The maximum atomic E-state index is 12.4. The fourth-order valence-electron chi connectivity index (χ4n) is 2.44. The molecule has 0 aliphatic carbocycles. The zero-order chi connectivity index (χ0) is 17.4. The third kappa shape index (κ3) is 3.52. The van der Waals surface area contributed by atoms with Crippen LogP contribution in [0.3, 0.4) is 0 Å². The summed E-state index contributed by atoms with van der Waals surface area (Å²) in [5, 5.41) is 11.8. The number of aryl methyl sites for hydroxylation is 1. The molecule has 126 valence electrons. The Kier molecular flexibility index (Phi) is 4.48. The van der Waals surface area contributed by atoms with E-state index in [-0.39, 0.29) is 11.4 Å². The summed E-state index contributed by atoms with van der Waals surface area (Å²) in [6.07, 6.45) is 0. The molecule has 0 saturated carbocycles. The van der Waals surface area contributed by atoms with E-state index in [0.29, 0.717) is 0 Å². The van der Waals surface area contributed by atoms with Crippen molar-refractivity contribution in [3.8, 4) is 0 Å². The molecule has 1 heterocycles. The number of rotatable bonds is 5. The Labute approximate surface area is 145 Å². The topological polar surface area (TPSA) is 66.4 Å². The summed E-state index contributed by atoms with van der Waals surface area (Å²) in [6.45, 7) is 3.37. The Bertz CT molecular complexity index is 942. The monoisotopic (exact) mass is 361 g/mol. The third-order valence-electron chi connectivity index (χ3n) is 3.86. The molecule has 0 spiro atoms. The van der Waals surface area contributed by atoms with Crippen molar-refractivity contribution < 1.29 is 13.5 Å². The van der Waals surface area contributed by atoms with E-state index >= 15 is 0 Å². The van der Waals surface area contributed by atoms with Crippen molar-refractivity contribution >= 4 is 31.4 Å². The molecule has 6 heteroatoms. The highest BCUT2D eigenvalue weighted by atomic mass is 32.2. The van der Waals surface area contributed by atoms with Crippen LogP contribution in [-0.4, -0.2) is 20.1 Å². The first-order valence-corrected chi connectivity index (χ1v) is 9.86. The van der Waals surface area contributed by atoms with Gasteiger partial charge in [0.2, 0.25) is 10.0 Å². The van der Waals surface area contributed by atoms with Crippen LogP contribution in [0.1, 0.15) is 17.4 Å². The zero-order valence-corrected chi connectivity index (χ0v) is 15.1. The Morgan fingerprint density at radius 1 is 1.12 bits per heavy atom. The van der Waals surface area contributed by atoms with Gasteiger partial charge in [-0.15, -0.1) is 11.3 Å². The molecule has 0 radical (unpaired) electrons. The molecule has 0 aliphatic heterocycles. The predicted molar refractivity (Wildman–Crippen MR) is 97.8 cm³/mol. The van der Waals surface area contributed by atoms with Crippen molar-refractivity contribution in [3.05, 3.63) is 65.0 Å².